The maximum absolute atomic E-state index is 11.3. The molecule has 11 heteroatoms. The third-order valence-electron chi connectivity index (χ3n) is 8.58. The average Bonchev–Trinajstić information content (AvgIpc) is 3.83. The molecule has 3 aliphatic rings. The number of nitriles is 2. The van der Waals surface area contributed by atoms with Gasteiger partial charge in [0.05, 0.1) is 41.8 Å². The van der Waals surface area contributed by atoms with E-state index in [-0.39, 0.29) is 12.5 Å². The van der Waals surface area contributed by atoms with E-state index in [1.165, 1.54) is 7.41 Å². The Morgan fingerprint density at radius 1 is 1.19 bits per heavy atom. The lowest BCUT2D eigenvalue weighted by Crippen LogP contribution is -2.36. The summed E-state index contributed by atoms with van der Waals surface area (Å²) < 4.78 is 11.8. The third-order valence-corrected chi connectivity index (χ3v) is 8.58. The Hall–Kier alpha value is -4.45. The average molecular weight is 575 g/mol. The number of ether oxygens (including phenoxy) is 2. The molecule has 2 fully saturated rings. The standard InChI is InChI=1S/C32H32BN6O4/c1-32(18-40)17-39(33-19-41)30-24(15-35)10-22(11-26(30)32)27-4-7-36-31(37-27)38-28-12-23(14-34)25(21-5-8-42-9-6-21)13-29(28)43-16-20-2-3-20/h4,7,10-13,19-21,40H,2-3,5-6,8-9,16-18H2,1H3,(H,36,37,38)/t32-/m1/s1. The van der Waals surface area contributed by atoms with Crippen molar-refractivity contribution in [3.63, 3.8) is 0 Å². The highest BCUT2D eigenvalue weighted by molar-refractivity contribution is 6.70. The van der Waals surface area contributed by atoms with Crippen LogP contribution in [0, 0.1) is 28.6 Å². The molecule has 0 amide bonds. The van der Waals surface area contributed by atoms with Gasteiger partial charge in [-0.2, -0.15) is 10.5 Å². The molecule has 1 aliphatic carbocycles. The quantitative estimate of drug-likeness (QED) is 0.267. The molecule has 3 aromatic rings. The molecule has 1 radical (unpaired) electrons. The largest absolute Gasteiger partial charge is 0.491 e. The van der Waals surface area contributed by atoms with Crippen molar-refractivity contribution in [3.05, 3.63) is 58.8 Å². The number of aliphatic hydroxyl groups is 1. The molecule has 2 aromatic carbocycles. The van der Waals surface area contributed by atoms with E-state index in [4.69, 9.17) is 14.5 Å². The van der Waals surface area contributed by atoms with E-state index in [0.717, 1.165) is 36.8 Å². The van der Waals surface area contributed by atoms with Crippen molar-refractivity contribution >= 4 is 30.9 Å². The van der Waals surface area contributed by atoms with Crippen LogP contribution in [0.15, 0.2) is 36.5 Å². The molecule has 1 atom stereocenters. The zero-order valence-electron chi connectivity index (χ0n) is 24.0. The molecule has 0 unspecified atom stereocenters. The molecular formula is C32H32BN6O4. The van der Waals surface area contributed by atoms with Crippen LogP contribution in [0.4, 0.5) is 17.3 Å². The SMILES string of the molecule is C[C@]1(CO)CN([B]C=O)c2c(C#N)cc(-c3ccnc(Nc4cc(C#N)c(C5CCOCC5)cc4OCC4CC4)n3)cc21. The topological polar surface area (TPSA) is 144 Å². The van der Waals surface area contributed by atoms with Gasteiger partial charge in [0.1, 0.15) is 18.0 Å². The van der Waals surface area contributed by atoms with Crippen LogP contribution >= 0.6 is 0 Å². The van der Waals surface area contributed by atoms with Crippen LogP contribution in [0.5, 0.6) is 5.75 Å². The first kappa shape index (κ1) is 28.7. The number of hydrogen-bond donors (Lipinski definition) is 2. The minimum absolute atomic E-state index is 0.150. The van der Waals surface area contributed by atoms with Crippen molar-refractivity contribution in [2.75, 3.05) is 43.1 Å². The van der Waals surface area contributed by atoms with E-state index in [1.807, 2.05) is 25.1 Å². The molecule has 43 heavy (non-hydrogen) atoms. The Labute approximate surface area is 251 Å². The van der Waals surface area contributed by atoms with Crippen molar-refractivity contribution in [1.82, 2.24) is 9.97 Å². The van der Waals surface area contributed by atoms with Gasteiger partial charge in [-0.25, -0.2) is 9.97 Å². The van der Waals surface area contributed by atoms with Crippen molar-refractivity contribution in [3.8, 4) is 29.1 Å². The minimum atomic E-state index is -0.668. The molecule has 6 rings (SSSR count). The minimum Gasteiger partial charge on any atom is -0.491 e. The smallest absolute Gasteiger partial charge is 0.329 e. The van der Waals surface area contributed by atoms with Crippen LogP contribution in [0.2, 0.25) is 0 Å². The lowest BCUT2D eigenvalue weighted by molar-refractivity contribution is 0.0852. The Bertz CT molecular complexity index is 1630. The highest BCUT2D eigenvalue weighted by Gasteiger charge is 2.40. The number of aliphatic hydroxyl groups excluding tert-OH is 1. The maximum Gasteiger partial charge on any atom is 0.329 e. The van der Waals surface area contributed by atoms with E-state index in [1.54, 1.807) is 23.1 Å². The summed E-state index contributed by atoms with van der Waals surface area (Å²) in [4.78, 5) is 22.2. The van der Waals surface area contributed by atoms with Crippen LogP contribution in [0.3, 0.4) is 0 Å². The van der Waals surface area contributed by atoms with Crippen LogP contribution in [-0.4, -0.2) is 61.6 Å². The van der Waals surface area contributed by atoms with Crippen molar-refractivity contribution in [1.29, 1.82) is 10.5 Å². The number of hydrogen-bond acceptors (Lipinski definition) is 10. The number of fused-ring (bicyclic) bond motifs is 1. The Morgan fingerprint density at radius 2 is 1.98 bits per heavy atom. The van der Waals surface area contributed by atoms with Gasteiger partial charge in [0.15, 0.2) is 0 Å². The first-order valence-electron chi connectivity index (χ1n) is 14.6. The van der Waals surface area contributed by atoms with Crippen LogP contribution in [-0.2, 0) is 14.9 Å². The zero-order valence-corrected chi connectivity index (χ0v) is 24.0. The highest BCUT2D eigenvalue weighted by atomic mass is 16.5. The number of nitrogens with zero attached hydrogens (tertiary/aromatic N) is 5. The Morgan fingerprint density at radius 3 is 2.67 bits per heavy atom. The van der Waals surface area contributed by atoms with Crippen LogP contribution in [0.25, 0.3) is 11.3 Å². The number of carbonyl (C=O) groups excluding carboxylic acids is 1. The van der Waals surface area contributed by atoms with Crippen LogP contribution < -0.4 is 14.9 Å². The van der Waals surface area contributed by atoms with E-state index >= 15 is 0 Å². The summed E-state index contributed by atoms with van der Waals surface area (Å²) in [6, 6.07) is 13.8. The van der Waals surface area contributed by atoms with Gasteiger partial charge in [-0.1, -0.05) is 6.92 Å². The molecule has 3 heterocycles. The van der Waals surface area contributed by atoms with Gasteiger partial charge in [-0.05, 0) is 79.0 Å². The number of nitrogens with one attached hydrogen (secondary N) is 1. The van der Waals surface area contributed by atoms with Crippen molar-refractivity contribution in [2.24, 2.45) is 5.92 Å². The summed E-state index contributed by atoms with van der Waals surface area (Å²) in [5.74, 6) is 1.76. The van der Waals surface area contributed by atoms with E-state index in [9.17, 15) is 20.4 Å². The summed E-state index contributed by atoms with van der Waals surface area (Å²) in [6.07, 6.45) is 6.35. The van der Waals surface area contributed by atoms with Gasteiger partial charge in [-0.15, -0.1) is 0 Å². The van der Waals surface area contributed by atoms with Gasteiger partial charge in [-0.3, -0.25) is 0 Å². The monoisotopic (exact) mass is 575 g/mol. The molecule has 0 spiro atoms. The maximum atomic E-state index is 11.3. The number of benzene rings is 2. The summed E-state index contributed by atoms with van der Waals surface area (Å²) in [6.45, 7) is 4.10. The predicted octanol–water partition coefficient (Wildman–Crippen LogP) is 4.19. The van der Waals surface area contributed by atoms with Crippen LogP contribution in [0.1, 0.15) is 60.8 Å². The fourth-order valence-electron chi connectivity index (χ4n) is 5.96. The normalized spacial score (nSPS) is 19.7. The van der Waals surface area contributed by atoms with E-state index in [0.29, 0.717) is 83.9 Å². The number of anilines is 3. The van der Waals surface area contributed by atoms with Crippen molar-refractivity contribution in [2.45, 2.75) is 43.9 Å². The molecule has 1 saturated carbocycles. The molecule has 10 nitrogen and oxygen atoms in total. The second-order valence-corrected chi connectivity index (χ2v) is 11.7. The zero-order chi connectivity index (χ0) is 30.0. The number of carbonyl (C=O) groups is 1. The summed E-state index contributed by atoms with van der Waals surface area (Å²) in [7, 11) is 1.39. The fraction of sp³-hybridized carbons (Fsp3) is 0.406. The Kier molecular flexibility index (Phi) is 8.03. The molecule has 2 aliphatic heterocycles. The third kappa shape index (κ3) is 5.79. The Balaban J connectivity index is 1.35. The van der Waals surface area contributed by atoms with Gasteiger partial charge >= 0.3 is 7.41 Å². The number of aromatic nitrogens is 2. The first-order valence-corrected chi connectivity index (χ1v) is 14.6. The second kappa shape index (κ2) is 12.0. The second-order valence-electron chi connectivity index (χ2n) is 11.7. The summed E-state index contributed by atoms with van der Waals surface area (Å²) in [5, 5.41) is 33.6. The highest BCUT2D eigenvalue weighted by Crippen LogP contribution is 2.44. The summed E-state index contributed by atoms with van der Waals surface area (Å²) in [5.41, 5.74) is 4.55. The molecular weight excluding hydrogens is 543 g/mol. The molecule has 1 saturated heterocycles. The van der Waals surface area contributed by atoms with E-state index < -0.39 is 5.41 Å². The molecule has 217 valence electrons. The van der Waals surface area contributed by atoms with Gasteiger partial charge in [0, 0.05) is 42.6 Å². The first-order chi connectivity index (χ1) is 21.0. The van der Waals surface area contributed by atoms with Gasteiger partial charge in [0.25, 0.3) is 0 Å². The number of rotatable bonds is 10. The lowest BCUT2D eigenvalue weighted by atomic mass is 9.83. The molecule has 1 aromatic heterocycles. The summed E-state index contributed by atoms with van der Waals surface area (Å²) >= 11 is 0. The van der Waals surface area contributed by atoms with E-state index in [2.05, 4.69) is 22.4 Å². The molecule has 0 bridgehead atoms. The predicted molar refractivity (Wildman–Crippen MR) is 162 cm³/mol. The fourth-order valence-corrected chi connectivity index (χ4v) is 5.96. The molecule has 2 N–H and O–H groups in total. The lowest BCUT2D eigenvalue weighted by Gasteiger charge is -2.25. The van der Waals surface area contributed by atoms with Gasteiger partial charge in [0.2, 0.25) is 5.95 Å². The van der Waals surface area contributed by atoms with Crippen molar-refractivity contribution < 1.29 is 19.4 Å². The van der Waals surface area contributed by atoms with Gasteiger partial charge < -0.3 is 29.5 Å².